The number of esters is 1. The van der Waals surface area contributed by atoms with Crippen LogP contribution in [0.2, 0.25) is 0 Å². The summed E-state index contributed by atoms with van der Waals surface area (Å²) in [4.78, 5) is 40.1. The van der Waals surface area contributed by atoms with E-state index >= 15 is 0 Å². The Balaban J connectivity index is 1.50. The Labute approximate surface area is 163 Å². The lowest BCUT2D eigenvalue weighted by atomic mass is 10.3. The van der Waals surface area contributed by atoms with Gasteiger partial charge in [0.15, 0.2) is 6.61 Å². The van der Waals surface area contributed by atoms with Crippen molar-refractivity contribution < 1.29 is 23.1 Å². The molecule has 2 aromatic heterocycles. The van der Waals surface area contributed by atoms with Crippen LogP contribution in [0, 0.1) is 0 Å². The zero-order valence-corrected chi connectivity index (χ0v) is 15.5. The van der Waals surface area contributed by atoms with Crippen molar-refractivity contribution in [3.8, 4) is 0 Å². The van der Waals surface area contributed by atoms with Gasteiger partial charge in [-0.05, 0) is 30.0 Å². The number of ether oxygens (including phenoxy) is 1. The first-order valence-corrected chi connectivity index (χ1v) is 9.29. The molecule has 1 aliphatic rings. The summed E-state index contributed by atoms with van der Waals surface area (Å²) in [5.74, 6) is -3.33. The number of hydrogen-bond donors (Lipinski definition) is 0. The highest BCUT2D eigenvalue weighted by Crippen LogP contribution is 2.26. The van der Waals surface area contributed by atoms with E-state index in [1.807, 2.05) is 4.90 Å². The van der Waals surface area contributed by atoms with Crippen molar-refractivity contribution >= 4 is 29.6 Å². The molecule has 11 heteroatoms. The number of alkyl halides is 2. The summed E-state index contributed by atoms with van der Waals surface area (Å²) in [7, 11) is 0. The summed E-state index contributed by atoms with van der Waals surface area (Å²) < 4.78 is 30.2. The van der Waals surface area contributed by atoms with Crippen molar-refractivity contribution in [1.82, 2.24) is 19.9 Å². The average Bonchev–Trinajstić information content (AvgIpc) is 2.72. The van der Waals surface area contributed by atoms with Gasteiger partial charge in [-0.1, -0.05) is 0 Å². The first-order chi connectivity index (χ1) is 13.5. The monoisotopic (exact) mass is 409 g/mol. The molecule has 1 saturated heterocycles. The van der Waals surface area contributed by atoms with Crippen LogP contribution in [-0.4, -0.2) is 70.3 Å². The molecule has 0 atom stereocenters. The molecule has 1 aliphatic heterocycles. The number of carbonyl (C=O) groups excluding carboxylic acids is 2. The van der Waals surface area contributed by atoms with Crippen LogP contribution >= 0.6 is 11.8 Å². The number of halogens is 2. The van der Waals surface area contributed by atoms with E-state index in [0.29, 0.717) is 32.1 Å². The summed E-state index contributed by atoms with van der Waals surface area (Å²) in [6, 6.07) is 4.51. The molecule has 0 saturated carbocycles. The van der Waals surface area contributed by atoms with Crippen molar-refractivity contribution in [3.05, 3.63) is 42.4 Å². The van der Waals surface area contributed by atoms with Crippen LogP contribution in [0.4, 0.5) is 14.7 Å². The van der Waals surface area contributed by atoms with Crippen LogP contribution < -0.4 is 4.90 Å². The molecule has 1 amide bonds. The minimum absolute atomic E-state index is 0.0911. The molecular formula is C17H17F2N5O3S. The molecule has 28 heavy (non-hydrogen) atoms. The van der Waals surface area contributed by atoms with Gasteiger partial charge < -0.3 is 14.5 Å². The summed E-state index contributed by atoms with van der Waals surface area (Å²) in [5, 5.41) is -0.133. The number of nitrogens with zero attached hydrogens (tertiary/aromatic N) is 5. The van der Waals surface area contributed by atoms with Crippen LogP contribution in [0.25, 0.3) is 0 Å². The molecule has 3 heterocycles. The fourth-order valence-corrected chi connectivity index (χ4v) is 3.20. The smallest absolute Gasteiger partial charge is 0.341 e. The summed E-state index contributed by atoms with van der Waals surface area (Å²) in [5.41, 5.74) is -0.0911. The number of carbonyl (C=O) groups is 2. The van der Waals surface area contributed by atoms with Crippen LogP contribution in [0.15, 0.2) is 41.8 Å². The first kappa shape index (κ1) is 19.9. The summed E-state index contributed by atoms with van der Waals surface area (Å²) >= 11 is 0.156. The predicted molar refractivity (Wildman–Crippen MR) is 97.2 cm³/mol. The third-order valence-corrected chi connectivity index (χ3v) is 4.71. The third kappa shape index (κ3) is 5.12. The zero-order chi connectivity index (χ0) is 19.9. The standard InChI is InChI=1S/C17H17F2N5O3S/c18-16(19)28-14-12(3-1-4-20-14)15(26)27-11-13(25)23-7-9-24(10-8-23)17-21-5-2-6-22-17/h1-6,16H,7-11H2. The molecular weight excluding hydrogens is 392 g/mol. The number of anilines is 1. The zero-order valence-electron chi connectivity index (χ0n) is 14.7. The van der Waals surface area contributed by atoms with E-state index in [0.717, 1.165) is 0 Å². The number of thioether (sulfide) groups is 1. The van der Waals surface area contributed by atoms with E-state index in [9.17, 15) is 18.4 Å². The maximum atomic E-state index is 12.6. The number of rotatable bonds is 6. The Morgan fingerprint density at radius 3 is 2.43 bits per heavy atom. The fourth-order valence-electron chi connectivity index (χ4n) is 2.63. The number of aromatic nitrogens is 3. The van der Waals surface area contributed by atoms with Crippen molar-refractivity contribution in [1.29, 1.82) is 0 Å². The van der Waals surface area contributed by atoms with Crippen LogP contribution in [0.3, 0.4) is 0 Å². The Morgan fingerprint density at radius 1 is 1.07 bits per heavy atom. The van der Waals surface area contributed by atoms with Gasteiger partial charge in [-0.2, -0.15) is 8.78 Å². The maximum absolute atomic E-state index is 12.6. The van der Waals surface area contributed by atoms with E-state index in [-0.39, 0.29) is 28.3 Å². The van der Waals surface area contributed by atoms with E-state index in [4.69, 9.17) is 4.74 Å². The molecule has 0 aromatic carbocycles. The quantitative estimate of drug-likeness (QED) is 0.526. The molecule has 8 nitrogen and oxygen atoms in total. The highest BCUT2D eigenvalue weighted by molar-refractivity contribution is 7.99. The van der Waals surface area contributed by atoms with Gasteiger partial charge in [0.25, 0.3) is 11.7 Å². The number of amides is 1. The summed E-state index contributed by atoms with van der Waals surface area (Å²) in [6.45, 7) is 1.53. The molecule has 0 aliphatic carbocycles. The summed E-state index contributed by atoms with van der Waals surface area (Å²) in [6.07, 6.45) is 4.61. The lowest BCUT2D eigenvalue weighted by Gasteiger charge is -2.34. The second-order valence-corrected chi connectivity index (χ2v) is 6.71. The van der Waals surface area contributed by atoms with Crippen LogP contribution in [0.5, 0.6) is 0 Å². The van der Waals surface area contributed by atoms with E-state index in [1.165, 1.54) is 18.3 Å². The molecule has 2 aromatic rings. The first-order valence-electron chi connectivity index (χ1n) is 8.41. The Hall–Kier alpha value is -2.82. The molecule has 0 radical (unpaired) electrons. The third-order valence-electron chi connectivity index (χ3n) is 3.99. The van der Waals surface area contributed by atoms with Gasteiger partial charge in [0.05, 0.1) is 5.56 Å². The highest BCUT2D eigenvalue weighted by atomic mass is 32.2. The van der Waals surface area contributed by atoms with Crippen molar-refractivity contribution in [2.75, 3.05) is 37.7 Å². The maximum Gasteiger partial charge on any atom is 0.341 e. The Kier molecular flexibility index (Phi) is 6.69. The van der Waals surface area contributed by atoms with Crippen molar-refractivity contribution in [2.24, 2.45) is 0 Å². The fraction of sp³-hybridized carbons (Fsp3) is 0.353. The van der Waals surface area contributed by atoms with Gasteiger partial charge in [-0.25, -0.2) is 19.7 Å². The van der Waals surface area contributed by atoms with E-state index < -0.39 is 18.3 Å². The van der Waals surface area contributed by atoms with Gasteiger partial charge in [0.2, 0.25) is 5.95 Å². The van der Waals surface area contributed by atoms with E-state index in [1.54, 1.807) is 23.4 Å². The molecule has 0 spiro atoms. The largest absolute Gasteiger partial charge is 0.452 e. The number of piperazine rings is 1. The topological polar surface area (TPSA) is 88.5 Å². The van der Waals surface area contributed by atoms with Crippen LogP contribution in [0.1, 0.15) is 10.4 Å². The Bertz CT molecular complexity index is 819. The lowest BCUT2D eigenvalue weighted by Crippen LogP contribution is -2.50. The normalized spacial score (nSPS) is 14.2. The van der Waals surface area contributed by atoms with Gasteiger partial charge in [0, 0.05) is 44.8 Å². The lowest BCUT2D eigenvalue weighted by molar-refractivity contribution is -0.134. The number of pyridine rings is 1. The second-order valence-electron chi connectivity index (χ2n) is 5.73. The molecule has 0 N–H and O–H groups in total. The van der Waals surface area contributed by atoms with E-state index in [2.05, 4.69) is 15.0 Å². The van der Waals surface area contributed by atoms with Gasteiger partial charge in [-0.3, -0.25) is 4.79 Å². The van der Waals surface area contributed by atoms with Crippen molar-refractivity contribution in [2.45, 2.75) is 10.8 Å². The van der Waals surface area contributed by atoms with Crippen LogP contribution in [-0.2, 0) is 9.53 Å². The molecule has 3 rings (SSSR count). The Morgan fingerprint density at radius 2 is 1.75 bits per heavy atom. The predicted octanol–water partition coefficient (Wildman–Crippen LogP) is 1.69. The minimum atomic E-state index is -2.71. The second kappa shape index (κ2) is 9.40. The SMILES string of the molecule is O=C(OCC(=O)N1CCN(c2ncccn2)CC1)c1cccnc1SC(F)F. The minimum Gasteiger partial charge on any atom is -0.452 e. The molecule has 148 valence electrons. The average molecular weight is 409 g/mol. The molecule has 0 unspecified atom stereocenters. The highest BCUT2D eigenvalue weighted by Gasteiger charge is 2.24. The molecule has 1 fully saturated rings. The number of hydrogen-bond acceptors (Lipinski definition) is 8. The van der Waals surface area contributed by atoms with Crippen molar-refractivity contribution in [3.63, 3.8) is 0 Å². The van der Waals surface area contributed by atoms with Gasteiger partial charge in [0.1, 0.15) is 5.03 Å². The molecule has 0 bridgehead atoms. The van der Waals surface area contributed by atoms with Gasteiger partial charge >= 0.3 is 5.97 Å². The van der Waals surface area contributed by atoms with Gasteiger partial charge in [-0.15, -0.1) is 0 Å².